The molecule has 0 aromatic carbocycles. The molecular weight excluding hydrogens is 128 g/mol. The van der Waals surface area contributed by atoms with Crippen LogP contribution in [-0.4, -0.2) is 25.4 Å². The molecule has 0 N–H and O–H groups in total. The second-order valence-corrected chi connectivity index (χ2v) is 3.14. The van der Waals surface area contributed by atoms with Gasteiger partial charge in [0.15, 0.2) is 0 Å². The number of hydrogen-bond acceptors (Lipinski definition) is 2. The zero-order valence-electron chi connectivity index (χ0n) is 6.21. The Morgan fingerprint density at radius 3 is 1.50 bits per heavy atom. The molecule has 2 heterocycles. The van der Waals surface area contributed by atoms with Crippen LogP contribution in [0.2, 0.25) is 0 Å². The van der Waals surface area contributed by atoms with Crippen molar-refractivity contribution >= 4 is 0 Å². The second-order valence-electron chi connectivity index (χ2n) is 3.14. The van der Waals surface area contributed by atoms with Crippen LogP contribution in [0.25, 0.3) is 0 Å². The molecule has 0 amide bonds. The molecule has 2 heteroatoms. The maximum Gasteiger partial charge on any atom is 0.0704 e. The Morgan fingerprint density at radius 2 is 1.10 bits per heavy atom. The van der Waals surface area contributed by atoms with Crippen LogP contribution in [0.5, 0.6) is 0 Å². The molecule has 0 radical (unpaired) electrons. The average molecular weight is 142 g/mol. The smallest absolute Gasteiger partial charge is 0.0704 e. The summed E-state index contributed by atoms with van der Waals surface area (Å²) in [5, 5.41) is 0. The van der Waals surface area contributed by atoms with Gasteiger partial charge < -0.3 is 9.47 Å². The fourth-order valence-corrected chi connectivity index (χ4v) is 1.80. The summed E-state index contributed by atoms with van der Waals surface area (Å²) >= 11 is 0. The Kier molecular flexibility index (Phi) is 1.91. The molecule has 0 unspecified atom stereocenters. The SMILES string of the molecule is C1COC2CCC(CC2)O1. The van der Waals surface area contributed by atoms with Crippen LogP contribution in [0.1, 0.15) is 25.7 Å². The summed E-state index contributed by atoms with van der Waals surface area (Å²) in [4.78, 5) is 0. The molecule has 0 atom stereocenters. The van der Waals surface area contributed by atoms with Crippen molar-refractivity contribution in [2.24, 2.45) is 0 Å². The molecule has 2 nitrogen and oxygen atoms in total. The van der Waals surface area contributed by atoms with E-state index in [0.717, 1.165) is 13.2 Å². The van der Waals surface area contributed by atoms with Gasteiger partial charge in [0.05, 0.1) is 25.4 Å². The molecule has 3 aliphatic rings. The molecule has 0 spiro atoms. The van der Waals surface area contributed by atoms with Gasteiger partial charge >= 0.3 is 0 Å². The molecule has 0 aromatic heterocycles. The van der Waals surface area contributed by atoms with Crippen molar-refractivity contribution in [1.82, 2.24) is 0 Å². The van der Waals surface area contributed by atoms with Crippen LogP contribution < -0.4 is 0 Å². The lowest BCUT2D eigenvalue weighted by molar-refractivity contribution is -0.0922. The highest BCUT2D eigenvalue weighted by Gasteiger charge is 2.23. The summed E-state index contributed by atoms with van der Waals surface area (Å²) in [6, 6.07) is 0. The molecule has 2 aliphatic heterocycles. The van der Waals surface area contributed by atoms with E-state index in [0.29, 0.717) is 12.2 Å². The van der Waals surface area contributed by atoms with Gasteiger partial charge in [0.1, 0.15) is 0 Å². The summed E-state index contributed by atoms with van der Waals surface area (Å²) in [6.45, 7) is 1.61. The van der Waals surface area contributed by atoms with E-state index in [9.17, 15) is 0 Å². The highest BCUT2D eigenvalue weighted by Crippen LogP contribution is 2.25. The van der Waals surface area contributed by atoms with Gasteiger partial charge in [-0.3, -0.25) is 0 Å². The van der Waals surface area contributed by atoms with Crippen molar-refractivity contribution in [2.45, 2.75) is 37.9 Å². The van der Waals surface area contributed by atoms with Gasteiger partial charge in [-0.1, -0.05) is 0 Å². The Balaban J connectivity index is 1.94. The first kappa shape index (κ1) is 6.62. The average Bonchev–Trinajstić information content (AvgIpc) is 1.89. The highest BCUT2D eigenvalue weighted by atomic mass is 16.5. The second kappa shape index (κ2) is 2.89. The number of ether oxygens (including phenoxy) is 2. The van der Waals surface area contributed by atoms with Gasteiger partial charge in [0.25, 0.3) is 0 Å². The number of rotatable bonds is 0. The van der Waals surface area contributed by atoms with Gasteiger partial charge in [0, 0.05) is 0 Å². The van der Waals surface area contributed by atoms with Crippen molar-refractivity contribution in [3.8, 4) is 0 Å². The lowest BCUT2D eigenvalue weighted by atomic mass is 9.94. The van der Waals surface area contributed by atoms with Gasteiger partial charge in [-0.15, -0.1) is 0 Å². The van der Waals surface area contributed by atoms with Crippen LogP contribution >= 0.6 is 0 Å². The molecule has 3 rings (SSSR count). The summed E-state index contributed by atoms with van der Waals surface area (Å²) in [5.74, 6) is 0. The highest BCUT2D eigenvalue weighted by molar-refractivity contribution is 4.74. The Morgan fingerprint density at radius 1 is 0.700 bits per heavy atom. The molecule has 1 aliphatic carbocycles. The lowest BCUT2D eigenvalue weighted by Crippen LogP contribution is -2.31. The van der Waals surface area contributed by atoms with Gasteiger partial charge in [-0.05, 0) is 25.7 Å². The Bertz CT molecular complexity index is 86.3. The Labute approximate surface area is 61.5 Å². The number of fused-ring (bicyclic) bond motifs is 5. The molecule has 10 heavy (non-hydrogen) atoms. The standard InChI is InChI=1S/C8H14O2/c1-2-8-4-3-7(1)9-5-6-10-8/h7-8H,1-6H2. The van der Waals surface area contributed by atoms with Crippen LogP contribution in [-0.2, 0) is 9.47 Å². The largest absolute Gasteiger partial charge is 0.376 e. The third-order valence-corrected chi connectivity index (χ3v) is 2.41. The zero-order chi connectivity index (χ0) is 6.81. The van der Waals surface area contributed by atoms with Gasteiger partial charge in [-0.25, -0.2) is 0 Å². The molecular formula is C8H14O2. The molecule has 0 aromatic rings. The van der Waals surface area contributed by atoms with Crippen molar-refractivity contribution < 1.29 is 9.47 Å². The summed E-state index contributed by atoms with van der Waals surface area (Å²) in [6.07, 6.45) is 5.96. The fourth-order valence-electron chi connectivity index (χ4n) is 1.80. The van der Waals surface area contributed by atoms with Crippen molar-refractivity contribution in [2.75, 3.05) is 13.2 Å². The topological polar surface area (TPSA) is 18.5 Å². The van der Waals surface area contributed by atoms with Crippen LogP contribution in [0.3, 0.4) is 0 Å². The predicted molar refractivity (Wildman–Crippen MR) is 37.9 cm³/mol. The maximum absolute atomic E-state index is 5.54. The van der Waals surface area contributed by atoms with E-state index in [1.54, 1.807) is 0 Å². The van der Waals surface area contributed by atoms with E-state index < -0.39 is 0 Å². The molecule has 3 fully saturated rings. The molecule has 2 bridgehead atoms. The molecule has 58 valence electrons. The summed E-state index contributed by atoms with van der Waals surface area (Å²) in [7, 11) is 0. The van der Waals surface area contributed by atoms with Crippen LogP contribution in [0.4, 0.5) is 0 Å². The Hall–Kier alpha value is -0.0800. The fraction of sp³-hybridized carbons (Fsp3) is 1.00. The molecule has 2 saturated heterocycles. The number of hydrogen-bond donors (Lipinski definition) is 0. The van der Waals surface area contributed by atoms with Gasteiger partial charge in [-0.2, -0.15) is 0 Å². The summed E-state index contributed by atoms with van der Waals surface area (Å²) in [5.41, 5.74) is 0. The van der Waals surface area contributed by atoms with E-state index >= 15 is 0 Å². The first-order valence-electron chi connectivity index (χ1n) is 4.18. The van der Waals surface area contributed by atoms with E-state index in [2.05, 4.69) is 0 Å². The maximum atomic E-state index is 5.54. The van der Waals surface area contributed by atoms with Crippen LogP contribution in [0.15, 0.2) is 0 Å². The molecule has 1 saturated carbocycles. The predicted octanol–water partition coefficient (Wildman–Crippen LogP) is 1.34. The van der Waals surface area contributed by atoms with Gasteiger partial charge in [0.2, 0.25) is 0 Å². The quantitative estimate of drug-likeness (QED) is 0.508. The van der Waals surface area contributed by atoms with Crippen molar-refractivity contribution in [3.63, 3.8) is 0 Å². The normalized spacial score (nSPS) is 40.8. The summed E-state index contributed by atoms with van der Waals surface area (Å²) < 4.78 is 11.1. The minimum atomic E-state index is 0.556. The first-order valence-corrected chi connectivity index (χ1v) is 4.18. The third kappa shape index (κ3) is 1.32. The third-order valence-electron chi connectivity index (χ3n) is 2.41. The lowest BCUT2D eigenvalue weighted by Gasteiger charge is -2.31. The zero-order valence-corrected chi connectivity index (χ0v) is 6.21. The van der Waals surface area contributed by atoms with Crippen LogP contribution in [0, 0.1) is 0 Å². The van der Waals surface area contributed by atoms with Crippen molar-refractivity contribution in [1.29, 1.82) is 0 Å². The minimum absolute atomic E-state index is 0.556. The van der Waals surface area contributed by atoms with Crippen molar-refractivity contribution in [3.05, 3.63) is 0 Å². The van der Waals surface area contributed by atoms with E-state index in [1.807, 2.05) is 0 Å². The van der Waals surface area contributed by atoms with E-state index in [-0.39, 0.29) is 0 Å². The first-order chi connectivity index (χ1) is 4.95. The van der Waals surface area contributed by atoms with E-state index in [4.69, 9.17) is 9.47 Å². The van der Waals surface area contributed by atoms with E-state index in [1.165, 1.54) is 25.7 Å². The monoisotopic (exact) mass is 142 g/mol. The minimum Gasteiger partial charge on any atom is -0.376 e.